The Balaban J connectivity index is 2.61. The molecule has 1 rings (SSSR count). The first kappa shape index (κ1) is 21.4. The summed E-state index contributed by atoms with van der Waals surface area (Å²) in [6.07, 6.45) is 2.94. The number of hydrogen-bond donors (Lipinski definition) is 2. The summed E-state index contributed by atoms with van der Waals surface area (Å²) in [5.41, 5.74) is -1.82. The summed E-state index contributed by atoms with van der Waals surface area (Å²) in [7, 11) is 1.23. The standard InChI is InChI=1S/C18H31NO6/c1-17(2,3)25-16(22)19-10-9-18(23,13-7-5-6-8-13)12-14(20)11-15(21)24-4/h13,23H,5-12H2,1-4H3,(H,19,22). The van der Waals surface area contributed by atoms with Gasteiger partial charge in [0.25, 0.3) is 0 Å². The molecule has 1 aliphatic carbocycles. The molecule has 25 heavy (non-hydrogen) atoms. The van der Waals surface area contributed by atoms with Gasteiger partial charge in [-0.3, -0.25) is 9.59 Å². The van der Waals surface area contributed by atoms with Crippen molar-refractivity contribution in [2.24, 2.45) is 5.92 Å². The number of aliphatic hydroxyl groups is 1. The lowest BCUT2D eigenvalue weighted by atomic mass is 9.79. The van der Waals surface area contributed by atoms with Gasteiger partial charge in [0.15, 0.2) is 0 Å². The van der Waals surface area contributed by atoms with E-state index in [1.165, 1.54) is 7.11 Å². The average molecular weight is 357 g/mol. The maximum absolute atomic E-state index is 12.1. The number of alkyl carbamates (subject to hydrolysis) is 1. The molecule has 0 spiro atoms. The predicted octanol–water partition coefficient (Wildman–Crippen LogP) is 2.34. The number of rotatable bonds is 8. The number of nitrogens with one attached hydrogen (secondary N) is 1. The first-order valence-electron chi connectivity index (χ1n) is 8.83. The molecule has 0 aromatic rings. The summed E-state index contributed by atoms with van der Waals surface area (Å²) >= 11 is 0. The van der Waals surface area contributed by atoms with E-state index in [1.807, 2.05) is 0 Å². The van der Waals surface area contributed by atoms with Gasteiger partial charge in [-0.25, -0.2) is 4.79 Å². The number of carbonyl (C=O) groups excluding carboxylic acids is 3. The maximum Gasteiger partial charge on any atom is 0.407 e. The number of ketones is 1. The molecule has 7 nitrogen and oxygen atoms in total. The fraction of sp³-hybridized carbons (Fsp3) is 0.833. The lowest BCUT2D eigenvalue weighted by molar-refractivity contribution is -0.144. The molecule has 0 bridgehead atoms. The van der Waals surface area contributed by atoms with Crippen molar-refractivity contribution < 1.29 is 29.0 Å². The molecule has 0 aliphatic heterocycles. The van der Waals surface area contributed by atoms with E-state index in [2.05, 4.69) is 10.1 Å². The third-order valence-corrected chi connectivity index (χ3v) is 4.41. The van der Waals surface area contributed by atoms with Crippen molar-refractivity contribution in [1.29, 1.82) is 0 Å². The summed E-state index contributed by atoms with van der Waals surface area (Å²) in [6.45, 7) is 5.51. The van der Waals surface area contributed by atoms with Crippen molar-refractivity contribution in [3.63, 3.8) is 0 Å². The second-order valence-corrected chi connectivity index (χ2v) is 7.73. The maximum atomic E-state index is 12.1. The van der Waals surface area contributed by atoms with Crippen molar-refractivity contribution in [3.8, 4) is 0 Å². The van der Waals surface area contributed by atoms with Crippen molar-refractivity contribution in [3.05, 3.63) is 0 Å². The number of esters is 1. The van der Waals surface area contributed by atoms with Gasteiger partial charge in [-0.05, 0) is 46.0 Å². The zero-order valence-corrected chi connectivity index (χ0v) is 15.7. The minimum Gasteiger partial charge on any atom is -0.469 e. The molecule has 0 aromatic heterocycles. The van der Waals surface area contributed by atoms with Gasteiger partial charge in [0.05, 0.1) is 12.7 Å². The van der Waals surface area contributed by atoms with E-state index in [0.717, 1.165) is 25.7 Å². The molecule has 1 aliphatic rings. The van der Waals surface area contributed by atoms with Gasteiger partial charge in [-0.1, -0.05) is 12.8 Å². The van der Waals surface area contributed by atoms with Crippen LogP contribution in [0.2, 0.25) is 0 Å². The summed E-state index contributed by atoms with van der Waals surface area (Å²) < 4.78 is 9.67. The number of methoxy groups -OCH3 is 1. The Kier molecular flexibility index (Phi) is 7.86. The van der Waals surface area contributed by atoms with E-state index >= 15 is 0 Å². The number of Topliss-reactive ketones (excluding diaryl/α,β-unsaturated/α-hetero) is 1. The van der Waals surface area contributed by atoms with Gasteiger partial charge in [0.2, 0.25) is 0 Å². The van der Waals surface area contributed by atoms with Gasteiger partial charge in [-0.2, -0.15) is 0 Å². The van der Waals surface area contributed by atoms with Crippen LogP contribution in [0.1, 0.15) is 65.7 Å². The normalized spacial score (nSPS) is 17.6. The Morgan fingerprint density at radius 3 is 2.28 bits per heavy atom. The molecule has 2 N–H and O–H groups in total. The third kappa shape index (κ3) is 7.86. The fourth-order valence-electron chi connectivity index (χ4n) is 3.23. The number of hydrogen-bond acceptors (Lipinski definition) is 6. The second-order valence-electron chi connectivity index (χ2n) is 7.73. The van der Waals surface area contributed by atoms with Crippen LogP contribution in [0.15, 0.2) is 0 Å². The fourth-order valence-corrected chi connectivity index (χ4v) is 3.23. The number of amides is 1. The molecule has 0 aromatic carbocycles. The van der Waals surface area contributed by atoms with E-state index in [9.17, 15) is 19.5 Å². The summed E-state index contributed by atoms with van der Waals surface area (Å²) in [4.78, 5) is 35.1. The first-order chi connectivity index (χ1) is 11.6. The molecular weight excluding hydrogens is 326 g/mol. The van der Waals surface area contributed by atoms with E-state index in [4.69, 9.17) is 4.74 Å². The minimum atomic E-state index is -1.23. The minimum absolute atomic E-state index is 0.00506. The Hall–Kier alpha value is -1.63. The molecule has 7 heteroatoms. The van der Waals surface area contributed by atoms with Gasteiger partial charge in [0, 0.05) is 13.0 Å². The molecular formula is C18H31NO6. The highest BCUT2D eigenvalue weighted by Crippen LogP contribution is 2.38. The van der Waals surface area contributed by atoms with Crippen molar-refractivity contribution in [2.45, 2.75) is 76.9 Å². The van der Waals surface area contributed by atoms with Crippen LogP contribution in [0, 0.1) is 5.92 Å². The van der Waals surface area contributed by atoms with E-state index < -0.39 is 23.3 Å². The molecule has 1 unspecified atom stereocenters. The monoisotopic (exact) mass is 357 g/mol. The van der Waals surface area contributed by atoms with Crippen LogP contribution in [-0.4, -0.2) is 47.8 Å². The third-order valence-electron chi connectivity index (χ3n) is 4.41. The van der Waals surface area contributed by atoms with Crippen LogP contribution < -0.4 is 5.32 Å². The topological polar surface area (TPSA) is 102 Å². The van der Waals surface area contributed by atoms with Gasteiger partial charge >= 0.3 is 12.1 Å². The van der Waals surface area contributed by atoms with Crippen molar-refractivity contribution >= 4 is 17.8 Å². The highest BCUT2D eigenvalue weighted by molar-refractivity contribution is 5.95. The Morgan fingerprint density at radius 2 is 1.76 bits per heavy atom. The van der Waals surface area contributed by atoms with E-state index in [1.54, 1.807) is 20.8 Å². The summed E-state index contributed by atoms with van der Waals surface area (Å²) in [6, 6.07) is 0. The van der Waals surface area contributed by atoms with Gasteiger partial charge in [0.1, 0.15) is 17.8 Å². The smallest absolute Gasteiger partial charge is 0.407 e. The average Bonchev–Trinajstić information content (AvgIpc) is 2.99. The van der Waals surface area contributed by atoms with Crippen LogP contribution in [-0.2, 0) is 19.1 Å². The zero-order valence-electron chi connectivity index (χ0n) is 15.7. The molecule has 1 amide bonds. The van der Waals surface area contributed by atoms with E-state index in [0.29, 0.717) is 0 Å². The molecule has 144 valence electrons. The van der Waals surface area contributed by atoms with Crippen LogP contribution in [0.4, 0.5) is 4.79 Å². The van der Waals surface area contributed by atoms with Crippen LogP contribution in [0.25, 0.3) is 0 Å². The molecule has 0 heterocycles. The summed E-state index contributed by atoms with van der Waals surface area (Å²) in [5.74, 6) is -0.960. The van der Waals surface area contributed by atoms with Crippen LogP contribution in [0.5, 0.6) is 0 Å². The number of carbonyl (C=O) groups is 3. The lowest BCUT2D eigenvalue weighted by Crippen LogP contribution is -2.43. The molecule has 0 saturated heterocycles. The highest BCUT2D eigenvalue weighted by atomic mass is 16.6. The van der Waals surface area contributed by atoms with Crippen LogP contribution >= 0.6 is 0 Å². The second kappa shape index (κ2) is 9.17. The number of ether oxygens (including phenoxy) is 2. The van der Waals surface area contributed by atoms with Gasteiger partial charge in [-0.15, -0.1) is 0 Å². The van der Waals surface area contributed by atoms with Crippen molar-refractivity contribution in [2.75, 3.05) is 13.7 Å². The van der Waals surface area contributed by atoms with Gasteiger partial charge < -0.3 is 19.9 Å². The Bertz CT molecular complexity index is 478. The Morgan fingerprint density at radius 1 is 1.16 bits per heavy atom. The molecule has 1 atom stereocenters. The summed E-state index contributed by atoms with van der Waals surface area (Å²) in [5, 5.41) is 13.7. The highest BCUT2D eigenvalue weighted by Gasteiger charge is 2.40. The SMILES string of the molecule is COC(=O)CC(=O)CC(O)(CCNC(=O)OC(C)(C)C)C1CCCC1. The van der Waals surface area contributed by atoms with Crippen LogP contribution in [0.3, 0.4) is 0 Å². The largest absolute Gasteiger partial charge is 0.469 e. The molecule has 1 saturated carbocycles. The van der Waals surface area contributed by atoms with Crippen molar-refractivity contribution in [1.82, 2.24) is 5.32 Å². The molecule has 1 fully saturated rings. The van der Waals surface area contributed by atoms with E-state index in [-0.39, 0.29) is 37.5 Å². The zero-order chi connectivity index (χ0) is 19.1. The lowest BCUT2D eigenvalue weighted by Gasteiger charge is -2.34. The predicted molar refractivity (Wildman–Crippen MR) is 92.0 cm³/mol. The Labute approximate surface area is 149 Å². The first-order valence-corrected chi connectivity index (χ1v) is 8.83. The molecule has 0 radical (unpaired) electrons. The quantitative estimate of drug-likeness (QED) is 0.511.